The fourth-order valence-corrected chi connectivity index (χ4v) is 2.82. The summed E-state index contributed by atoms with van der Waals surface area (Å²) in [4.78, 5) is 11.9. The molecule has 0 radical (unpaired) electrons. The van der Waals surface area contributed by atoms with Gasteiger partial charge < -0.3 is 10.2 Å². The van der Waals surface area contributed by atoms with Gasteiger partial charge in [0, 0.05) is 20.1 Å². The monoisotopic (exact) mass is 302 g/mol. The van der Waals surface area contributed by atoms with Gasteiger partial charge in [0.25, 0.3) is 0 Å². The fourth-order valence-electron chi connectivity index (χ4n) is 1.61. The van der Waals surface area contributed by atoms with Gasteiger partial charge in [0.15, 0.2) is 4.90 Å². The lowest BCUT2D eigenvalue weighted by molar-refractivity contribution is -0.386. The largest absolute Gasteiger partial charge is 0.383 e. The Hall–Kier alpha value is -1.71. The molecule has 2 N–H and O–H groups in total. The molecule has 0 saturated carbocycles. The minimum Gasteiger partial charge on any atom is -0.383 e. The number of para-hydroxylation sites is 1. The third kappa shape index (κ3) is 3.89. The van der Waals surface area contributed by atoms with Crippen molar-refractivity contribution in [1.29, 1.82) is 0 Å². The molecule has 9 heteroatoms. The van der Waals surface area contributed by atoms with Gasteiger partial charge in [0.05, 0.1) is 4.92 Å². The van der Waals surface area contributed by atoms with Gasteiger partial charge in [-0.05, 0) is 26.2 Å². The molecule has 1 aromatic carbocycles. The second-order valence-corrected chi connectivity index (χ2v) is 6.10. The zero-order chi connectivity index (χ0) is 15.3. The number of hydrogen-bond acceptors (Lipinski definition) is 6. The van der Waals surface area contributed by atoms with Crippen LogP contribution in [0.15, 0.2) is 23.1 Å². The lowest BCUT2D eigenvalue weighted by atomic mass is 10.3. The molecule has 20 heavy (non-hydrogen) atoms. The van der Waals surface area contributed by atoms with Gasteiger partial charge >= 0.3 is 5.69 Å². The van der Waals surface area contributed by atoms with Crippen LogP contribution in [-0.2, 0) is 10.0 Å². The van der Waals surface area contributed by atoms with E-state index in [0.29, 0.717) is 6.54 Å². The quantitative estimate of drug-likeness (QED) is 0.560. The maximum absolute atomic E-state index is 12.1. The molecule has 0 unspecified atom stereocenters. The molecule has 0 atom stereocenters. The topological polar surface area (TPSA) is 105 Å². The average molecular weight is 302 g/mol. The molecule has 0 saturated heterocycles. The first-order valence-electron chi connectivity index (χ1n) is 5.89. The third-order valence-electron chi connectivity index (χ3n) is 2.59. The second kappa shape index (κ2) is 6.64. The highest BCUT2D eigenvalue weighted by atomic mass is 32.2. The number of nitrogens with one attached hydrogen (secondary N) is 2. The molecule has 0 bridgehead atoms. The molecule has 8 nitrogen and oxygen atoms in total. The van der Waals surface area contributed by atoms with Crippen LogP contribution in [0.4, 0.5) is 11.4 Å². The first-order valence-corrected chi connectivity index (χ1v) is 7.37. The van der Waals surface area contributed by atoms with Crippen LogP contribution < -0.4 is 10.0 Å². The summed E-state index contributed by atoms with van der Waals surface area (Å²) in [6, 6.07) is 4.13. The molecule has 0 amide bonds. The molecule has 1 aromatic rings. The number of nitrogens with zero attached hydrogens (tertiary/aromatic N) is 2. The van der Waals surface area contributed by atoms with E-state index >= 15 is 0 Å². The van der Waals surface area contributed by atoms with Gasteiger partial charge in [-0.25, -0.2) is 13.1 Å². The van der Waals surface area contributed by atoms with Crippen molar-refractivity contribution in [3.05, 3.63) is 28.3 Å². The number of rotatable bonds is 7. The van der Waals surface area contributed by atoms with E-state index in [4.69, 9.17) is 0 Å². The van der Waals surface area contributed by atoms with E-state index in [1.165, 1.54) is 25.2 Å². The van der Waals surface area contributed by atoms with Crippen molar-refractivity contribution in [3.63, 3.8) is 0 Å². The number of nitro benzene ring substituents is 1. The molecule has 0 heterocycles. The Morgan fingerprint density at radius 1 is 1.35 bits per heavy atom. The van der Waals surface area contributed by atoms with Gasteiger partial charge in [-0.3, -0.25) is 10.1 Å². The van der Waals surface area contributed by atoms with E-state index in [1.54, 1.807) is 19.0 Å². The fraction of sp³-hybridized carbons (Fsp3) is 0.455. The van der Waals surface area contributed by atoms with Gasteiger partial charge in [0.2, 0.25) is 10.0 Å². The summed E-state index contributed by atoms with van der Waals surface area (Å²) in [5, 5.41) is 13.7. The lowest BCUT2D eigenvalue weighted by Crippen LogP contribution is -2.31. The Morgan fingerprint density at radius 2 is 2.00 bits per heavy atom. The van der Waals surface area contributed by atoms with Crippen molar-refractivity contribution in [3.8, 4) is 0 Å². The van der Waals surface area contributed by atoms with Crippen LogP contribution in [0, 0.1) is 10.1 Å². The molecular weight excluding hydrogens is 284 g/mol. The van der Waals surface area contributed by atoms with E-state index in [-0.39, 0.29) is 17.1 Å². The smallest absolute Gasteiger partial charge is 0.312 e. The highest BCUT2D eigenvalue weighted by Gasteiger charge is 2.28. The maximum Gasteiger partial charge on any atom is 0.312 e. The average Bonchev–Trinajstić information content (AvgIpc) is 2.36. The van der Waals surface area contributed by atoms with Gasteiger partial charge in [-0.15, -0.1) is 0 Å². The Kier molecular flexibility index (Phi) is 5.43. The summed E-state index contributed by atoms with van der Waals surface area (Å²) in [6.45, 7) is 0.676. The minimum atomic E-state index is -3.92. The van der Waals surface area contributed by atoms with Crippen LogP contribution in [0.1, 0.15) is 0 Å². The van der Waals surface area contributed by atoms with Crippen LogP contribution in [0.5, 0.6) is 0 Å². The first-order chi connectivity index (χ1) is 9.29. The third-order valence-corrected chi connectivity index (χ3v) is 4.08. The summed E-state index contributed by atoms with van der Waals surface area (Å²) in [7, 11) is 1.18. The van der Waals surface area contributed by atoms with Crippen molar-refractivity contribution in [2.45, 2.75) is 4.90 Å². The number of likely N-dealkylation sites (N-methyl/N-ethyl adjacent to an activating group) is 1. The summed E-state index contributed by atoms with van der Waals surface area (Å²) in [5.41, 5.74) is -0.294. The Bertz CT molecular complexity index is 586. The zero-order valence-electron chi connectivity index (χ0n) is 11.6. The minimum absolute atomic E-state index is 0.158. The second-order valence-electron chi connectivity index (χ2n) is 4.36. The summed E-state index contributed by atoms with van der Waals surface area (Å²) in [5.74, 6) is 0. The van der Waals surface area contributed by atoms with Crippen LogP contribution in [0.25, 0.3) is 0 Å². The zero-order valence-corrected chi connectivity index (χ0v) is 12.4. The SMILES string of the molecule is CNc1cccc(S(=O)(=O)NCCN(C)C)c1[N+](=O)[O-]. The predicted octanol–water partition coefficient (Wildman–Crippen LogP) is 0.476. The molecule has 0 aromatic heterocycles. The maximum atomic E-state index is 12.1. The van der Waals surface area contributed by atoms with Gasteiger partial charge in [-0.2, -0.15) is 0 Å². The summed E-state index contributed by atoms with van der Waals surface area (Å²) in [6.07, 6.45) is 0. The molecule has 0 aliphatic heterocycles. The van der Waals surface area contributed by atoms with Crippen molar-refractivity contribution in [2.75, 3.05) is 39.5 Å². The molecule has 0 aliphatic rings. The Labute approximate surface area is 118 Å². The van der Waals surface area contributed by atoms with E-state index in [1.807, 2.05) is 0 Å². The van der Waals surface area contributed by atoms with Crippen LogP contribution in [0.3, 0.4) is 0 Å². The van der Waals surface area contributed by atoms with Gasteiger partial charge in [-0.1, -0.05) is 6.07 Å². The van der Waals surface area contributed by atoms with E-state index in [2.05, 4.69) is 10.0 Å². The van der Waals surface area contributed by atoms with Crippen LogP contribution >= 0.6 is 0 Å². The molecule has 0 aliphatic carbocycles. The van der Waals surface area contributed by atoms with E-state index < -0.39 is 20.6 Å². The van der Waals surface area contributed by atoms with Crippen molar-refractivity contribution in [1.82, 2.24) is 9.62 Å². The first kappa shape index (κ1) is 16.3. The van der Waals surface area contributed by atoms with Crippen molar-refractivity contribution < 1.29 is 13.3 Å². The summed E-state index contributed by atoms with van der Waals surface area (Å²) >= 11 is 0. The van der Waals surface area contributed by atoms with Crippen LogP contribution in [0.2, 0.25) is 0 Å². The number of sulfonamides is 1. The number of hydrogen-bond donors (Lipinski definition) is 2. The normalized spacial score (nSPS) is 11.6. The Morgan fingerprint density at radius 3 is 2.50 bits per heavy atom. The number of anilines is 1. The van der Waals surface area contributed by atoms with E-state index in [0.717, 1.165) is 0 Å². The molecule has 0 fully saturated rings. The predicted molar refractivity (Wildman–Crippen MR) is 76.4 cm³/mol. The van der Waals surface area contributed by atoms with Crippen LogP contribution in [-0.4, -0.2) is 52.5 Å². The molecule has 0 spiro atoms. The summed E-state index contributed by atoms with van der Waals surface area (Å²) < 4.78 is 26.6. The Balaban J connectivity index is 3.15. The standard InChI is InChI=1S/C11H18N4O4S/c1-12-9-5-4-6-10(11(9)15(16)17)20(18,19)13-7-8-14(2)3/h4-6,12-13H,7-8H2,1-3H3. The number of benzene rings is 1. The molecule has 1 rings (SSSR count). The highest BCUT2D eigenvalue weighted by molar-refractivity contribution is 7.89. The molecule has 112 valence electrons. The van der Waals surface area contributed by atoms with E-state index in [9.17, 15) is 18.5 Å². The molecular formula is C11H18N4O4S. The highest BCUT2D eigenvalue weighted by Crippen LogP contribution is 2.31. The van der Waals surface area contributed by atoms with Gasteiger partial charge in [0.1, 0.15) is 5.69 Å². The lowest BCUT2D eigenvalue weighted by Gasteiger charge is -2.12. The van der Waals surface area contributed by atoms with Crippen molar-refractivity contribution >= 4 is 21.4 Å². The number of nitro groups is 1. The van der Waals surface area contributed by atoms with Crippen molar-refractivity contribution in [2.24, 2.45) is 0 Å².